The van der Waals surface area contributed by atoms with Crippen molar-refractivity contribution in [1.82, 2.24) is 0 Å². The fourth-order valence-electron chi connectivity index (χ4n) is 1.02. The van der Waals surface area contributed by atoms with E-state index in [1.54, 1.807) is 0 Å². The number of carbonyl (C=O) groups is 1. The summed E-state index contributed by atoms with van der Waals surface area (Å²) in [6.45, 7) is 0. The van der Waals surface area contributed by atoms with E-state index in [4.69, 9.17) is 15.9 Å². The molecule has 0 saturated heterocycles. The molecule has 0 amide bonds. The molecule has 76 valence electrons. The molecular formula is C9H10FNO3. The molecule has 0 saturated carbocycles. The van der Waals surface area contributed by atoms with Crippen LogP contribution in [0.1, 0.15) is 5.56 Å². The summed E-state index contributed by atoms with van der Waals surface area (Å²) < 4.78 is 12.8. The van der Waals surface area contributed by atoms with Crippen LogP contribution in [0, 0.1) is 5.82 Å². The molecule has 4 nitrogen and oxygen atoms in total. The highest BCUT2D eigenvalue weighted by Gasteiger charge is 2.12. The van der Waals surface area contributed by atoms with Crippen LogP contribution in [0.25, 0.3) is 0 Å². The molecule has 14 heavy (non-hydrogen) atoms. The summed E-state index contributed by atoms with van der Waals surface area (Å²) in [5.74, 6) is -2.38. The van der Waals surface area contributed by atoms with Gasteiger partial charge in [-0.25, -0.2) is 4.39 Å². The monoisotopic (exact) mass is 198 g/mol. The predicted molar refractivity (Wildman–Crippen MR) is 47.4 cm³/mol. The van der Waals surface area contributed by atoms with Crippen LogP contribution in [-0.2, 0) is 11.2 Å². The summed E-state index contributed by atoms with van der Waals surface area (Å²) in [6.07, 6.45) is 0.0343. The van der Waals surface area contributed by atoms with Crippen molar-refractivity contribution in [1.29, 1.82) is 0 Å². The van der Waals surface area contributed by atoms with Crippen molar-refractivity contribution in [2.75, 3.05) is 0 Å². The van der Waals surface area contributed by atoms with Gasteiger partial charge in [0.15, 0.2) is 11.6 Å². The van der Waals surface area contributed by atoms with Gasteiger partial charge < -0.3 is 15.9 Å². The smallest absolute Gasteiger partial charge is 0.320 e. The lowest BCUT2D eigenvalue weighted by Crippen LogP contribution is -2.32. The minimum absolute atomic E-state index is 0.0343. The zero-order chi connectivity index (χ0) is 10.7. The number of hydrogen-bond donors (Lipinski definition) is 3. The van der Waals surface area contributed by atoms with Gasteiger partial charge in [0, 0.05) is 0 Å². The van der Waals surface area contributed by atoms with Crippen LogP contribution in [0.4, 0.5) is 4.39 Å². The third-order valence-electron chi connectivity index (χ3n) is 1.78. The quantitative estimate of drug-likeness (QED) is 0.659. The third-order valence-corrected chi connectivity index (χ3v) is 1.78. The maximum absolute atomic E-state index is 12.8. The van der Waals surface area contributed by atoms with E-state index in [0.717, 1.165) is 6.07 Å². The molecule has 1 atom stereocenters. The molecule has 5 heteroatoms. The predicted octanol–water partition coefficient (Wildman–Crippen LogP) is 0.486. The van der Waals surface area contributed by atoms with Crippen LogP contribution in [0.5, 0.6) is 5.75 Å². The van der Waals surface area contributed by atoms with Crippen molar-refractivity contribution < 1.29 is 19.4 Å². The Balaban J connectivity index is 2.78. The normalized spacial score (nSPS) is 12.4. The van der Waals surface area contributed by atoms with Crippen LogP contribution >= 0.6 is 0 Å². The van der Waals surface area contributed by atoms with Crippen LogP contribution < -0.4 is 5.73 Å². The second kappa shape index (κ2) is 4.06. The maximum atomic E-state index is 12.8. The summed E-state index contributed by atoms with van der Waals surface area (Å²) in [5.41, 5.74) is 5.69. The molecule has 0 bridgehead atoms. The van der Waals surface area contributed by atoms with Crippen LogP contribution in [0.2, 0.25) is 0 Å². The molecule has 0 spiro atoms. The topological polar surface area (TPSA) is 83.5 Å². The fourth-order valence-corrected chi connectivity index (χ4v) is 1.02. The molecule has 0 aliphatic carbocycles. The molecule has 0 radical (unpaired) electrons. The van der Waals surface area contributed by atoms with Gasteiger partial charge in [-0.2, -0.15) is 0 Å². The molecule has 1 aromatic carbocycles. The summed E-state index contributed by atoms with van der Waals surface area (Å²) in [7, 11) is 0. The number of nitrogens with two attached hydrogens (primary N) is 1. The van der Waals surface area contributed by atoms with Gasteiger partial charge in [-0.15, -0.1) is 0 Å². The molecular weight excluding hydrogens is 188 g/mol. The van der Waals surface area contributed by atoms with E-state index in [9.17, 15) is 9.18 Å². The Kier molecular flexibility index (Phi) is 3.03. The average Bonchev–Trinajstić information content (AvgIpc) is 2.11. The van der Waals surface area contributed by atoms with Crippen molar-refractivity contribution in [2.24, 2.45) is 5.73 Å². The first-order valence-electron chi connectivity index (χ1n) is 3.96. The number of phenols is 1. The summed E-state index contributed by atoms with van der Waals surface area (Å²) in [6, 6.07) is 2.61. The first kappa shape index (κ1) is 10.5. The van der Waals surface area contributed by atoms with Crippen molar-refractivity contribution in [3.8, 4) is 5.75 Å². The van der Waals surface area contributed by atoms with Gasteiger partial charge in [-0.1, -0.05) is 6.07 Å². The Morgan fingerprint density at radius 1 is 1.57 bits per heavy atom. The number of phenolic OH excluding ortho intramolecular Hbond substituents is 1. The molecule has 0 heterocycles. The summed E-state index contributed by atoms with van der Waals surface area (Å²) >= 11 is 0. The number of aliphatic carboxylic acids is 1. The Morgan fingerprint density at radius 2 is 2.21 bits per heavy atom. The molecule has 4 N–H and O–H groups in total. The van der Waals surface area contributed by atoms with Crippen molar-refractivity contribution in [3.63, 3.8) is 0 Å². The van der Waals surface area contributed by atoms with Gasteiger partial charge >= 0.3 is 5.97 Å². The van der Waals surface area contributed by atoms with E-state index in [-0.39, 0.29) is 6.42 Å². The zero-order valence-corrected chi connectivity index (χ0v) is 7.27. The third kappa shape index (κ3) is 2.43. The number of aromatic hydroxyl groups is 1. The van der Waals surface area contributed by atoms with Gasteiger partial charge in [-0.3, -0.25) is 4.79 Å². The highest BCUT2D eigenvalue weighted by Crippen LogP contribution is 2.16. The minimum atomic E-state index is -1.14. The summed E-state index contributed by atoms with van der Waals surface area (Å²) in [5, 5.41) is 17.4. The van der Waals surface area contributed by atoms with Crippen LogP contribution in [0.3, 0.4) is 0 Å². The molecule has 0 aliphatic heterocycles. The number of benzene rings is 1. The van der Waals surface area contributed by atoms with Crippen molar-refractivity contribution in [3.05, 3.63) is 29.6 Å². The molecule has 1 aromatic rings. The average molecular weight is 198 g/mol. The molecule has 0 aromatic heterocycles. The fraction of sp³-hybridized carbons (Fsp3) is 0.222. The highest BCUT2D eigenvalue weighted by atomic mass is 18.2. The second-order valence-electron chi connectivity index (χ2n) is 2.93. The first-order chi connectivity index (χ1) is 6.50. The Hall–Kier alpha value is -1.62. The van der Waals surface area contributed by atoms with Gasteiger partial charge in [0.25, 0.3) is 0 Å². The summed E-state index contributed by atoms with van der Waals surface area (Å²) in [4.78, 5) is 10.4. The van der Waals surface area contributed by atoms with Crippen molar-refractivity contribution >= 4 is 5.97 Å². The molecule has 1 rings (SSSR count). The van der Waals surface area contributed by atoms with E-state index >= 15 is 0 Å². The second-order valence-corrected chi connectivity index (χ2v) is 2.93. The number of carboxylic acids is 1. The highest BCUT2D eigenvalue weighted by molar-refractivity contribution is 5.73. The molecule has 0 unspecified atom stereocenters. The Labute approximate surface area is 79.8 Å². The van der Waals surface area contributed by atoms with Crippen molar-refractivity contribution in [2.45, 2.75) is 12.5 Å². The Bertz CT molecular complexity index is 354. The van der Waals surface area contributed by atoms with Gasteiger partial charge in [0.1, 0.15) is 6.04 Å². The van der Waals surface area contributed by atoms with E-state index in [1.807, 2.05) is 0 Å². The largest absolute Gasteiger partial charge is 0.505 e. The minimum Gasteiger partial charge on any atom is -0.505 e. The Morgan fingerprint density at radius 3 is 2.71 bits per heavy atom. The van der Waals surface area contributed by atoms with E-state index in [1.165, 1.54) is 12.1 Å². The SMILES string of the molecule is N[C@@H](Cc1ccc(O)c([18F])c1)C(=O)O. The number of carboxylic acid groups (broad SMARTS) is 1. The van der Waals surface area contributed by atoms with Gasteiger partial charge in [0.05, 0.1) is 0 Å². The van der Waals surface area contributed by atoms with E-state index in [0.29, 0.717) is 5.56 Å². The van der Waals surface area contributed by atoms with E-state index in [2.05, 4.69) is 0 Å². The lowest BCUT2D eigenvalue weighted by atomic mass is 10.1. The van der Waals surface area contributed by atoms with Gasteiger partial charge in [0.2, 0.25) is 0 Å². The number of halogens is 1. The van der Waals surface area contributed by atoms with Crippen LogP contribution in [-0.4, -0.2) is 22.2 Å². The van der Waals surface area contributed by atoms with E-state index < -0.39 is 23.6 Å². The van der Waals surface area contributed by atoms with Crippen LogP contribution in [0.15, 0.2) is 18.2 Å². The number of rotatable bonds is 3. The molecule has 0 aliphatic rings. The zero-order valence-electron chi connectivity index (χ0n) is 7.27. The lowest BCUT2D eigenvalue weighted by molar-refractivity contribution is -0.138. The lowest BCUT2D eigenvalue weighted by Gasteiger charge is -2.06. The maximum Gasteiger partial charge on any atom is 0.320 e. The molecule has 0 fully saturated rings. The number of hydrogen-bond acceptors (Lipinski definition) is 3. The first-order valence-corrected chi connectivity index (χ1v) is 3.96. The standard InChI is InChI=1S/C9H10FNO3/c10-6-3-5(1-2-8(6)12)4-7(11)9(13)14/h1-3,7,12H,4,11H2,(H,13,14)/t7-/m0/s1/i10-1. The van der Waals surface area contributed by atoms with Gasteiger partial charge in [-0.05, 0) is 24.1 Å².